The highest BCUT2D eigenvalue weighted by molar-refractivity contribution is 7.89. The fraction of sp³-hybridized carbons (Fsp3) is 0.467. The van der Waals surface area contributed by atoms with Crippen LogP contribution in [0.5, 0.6) is 0 Å². The smallest absolute Gasteiger partial charge is 0.324 e. The Kier molecular flexibility index (Phi) is 8.64. The maximum absolute atomic E-state index is 11.8. The van der Waals surface area contributed by atoms with E-state index in [1.807, 2.05) is 6.92 Å². The van der Waals surface area contributed by atoms with Crippen molar-refractivity contribution in [3.8, 4) is 0 Å². The molecule has 0 spiro atoms. The van der Waals surface area contributed by atoms with Crippen LogP contribution in [0.1, 0.15) is 26.7 Å². The molecule has 0 aliphatic carbocycles. The van der Waals surface area contributed by atoms with E-state index >= 15 is 0 Å². The second-order valence-corrected chi connectivity index (χ2v) is 7.93. The molecule has 0 radical (unpaired) electrons. The van der Waals surface area contributed by atoms with E-state index in [1.165, 1.54) is 6.92 Å². The van der Waals surface area contributed by atoms with Gasteiger partial charge in [-0.25, -0.2) is 13.1 Å². The number of anilines is 1. The fourth-order valence-electron chi connectivity index (χ4n) is 1.76. The zero-order valence-electron chi connectivity index (χ0n) is 13.8. The molecule has 0 aliphatic rings. The highest BCUT2D eigenvalue weighted by Crippen LogP contribution is 2.29. The first-order chi connectivity index (χ1) is 11.7. The van der Waals surface area contributed by atoms with E-state index in [2.05, 4.69) is 10.0 Å². The Hall–Kier alpha value is -1.35. The Morgan fingerprint density at radius 1 is 1.28 bits per heavy atom. The zero-order chi connectivity index (χ0) is 19.0. The first-order valence-electron chi connectivity index (χ1n) is 7.56. The van der Waals surface area contributed by atoms with E-state index in [0.717, 1.165) is 0 Å². The Morgan fingerprint density at radius 3 is 2.60 bits per heavy atom. The molecule has 1 aromatic carbocycles. The van der Waals surface area contributed by atoms with Crippen molar-refractivity contribution in [2.24, 2.45) is 0 Å². The monoisotopic (exact) mass is 410 g/mol. The molecule has 0 aliphatic heterocycles. The number of carbonyl (C=O) groups excluding carboxylic acids is 2. The number of esters is 1. The summed E-state index contributed by atoms with van der Waals surface area (Å²) in [5, 5.41) is 2.89. The molecular weight excluding hydrogens is 391 g/mol. The first kappa shape index (κ1) is 21.7. The predicted octanol–water partition coefficient (Wildman–Crippen LogP) is 2.58. The molecule has 0 saturated carbocycles. The number of carbonyl (C=O) groups is 2. The van der Waals surface area contributed by atoms with Crippen molar-refractivity contribution in [1.82, 2.24) is 4.72 Å². The molecule has 140 valence electrons. The Bertz CT molecular complexity index is 725. The van der Waals surface area contributed by atoms with Crippen LogP contribution in [0.4, 0.5) is 5.69 Å². The summed E-state index contributed by atoms with van der Waals surface area (Å²) in [6.07, 6.45) is 1.20. The van der Waals surface area contributed by atoms with Crippen LogP contribution in [0.25, 0.3) is 0 Å². The summed E-state index contributed by atoms with van der Waals surface area (Å²) in [6.45, 7) is 2.62. The predicted molar refractivity (Wildman–Crippen MR) is 97.3 cm³/mol. The SMILES string of the molecule is CCCCS(=O)(=O)N[C@@H](C)C(=O)OCC(=O)Nc1cccc(Cl)c1Cl. The average Bonchev–Trinajstić information content (AvgIpc) is 2.54. The maximum atomic E-state index is 11.8. The van der Waals surface area contributed by atoms with Crippen molar-refractivity contribution >= 4 is 50.8 Å². The molecule has 7 nitrogen and oxygen atoms in total. The van der Waals surface area contributed by atoms with Crippen molar-refractivity contribution < 1.29 is 22.7 Å². The van der Waals surface area contributed by atoms with Gasteiger partial charge in [-0.15, -0.1) is 0 Å². The third kappa shape index (κ3) is 7.60. The van der Waals surface area contributed by atoms with E-state index in [1.54, 1.807) is 18.2 Å². The molecule has 1 atom stereocenters. The van der Waals surface area contributed by atoms with Gasteiger partial charge in [-0.2, -0.15) is 0 Å². The Balaban J connectivity index is 2.49. The van der Waals surface area contributed by atoms with Crippen molar-refractivity contribution in [3.05, 3.63) is 28.2 Å². The van der Waals surface area contributed by atoms with E-state index in [4.69, 9.17) is 27.9 Å². The van der Waals surface area contributed by atoms with Crippen LogP contribution in [0.3, 0.4) is 0 Å². The van der Waals surface area contributed by atoms with Crippen LogP contribution in [-0.2, 0) is 24.3 Å². The molecule has 0 aromatic heterocycles. The third-order valence-corrected chi connectivity index (χ3v) is 5.41. The molecule has 0 saturated heterocycles. The minimum Gasteiger partial charge on any atom is -0.454 e. The van der Waals surface area contributed by atoms with E-state index in [0.29, 0.717) is 12.8 Å². The quantitative estimate of drug-likeness (QED) is 0.609. The van der Waals surface area contributed by atoms with Crippen molar-refractivity contribution in [1.29, 1.82) is 0 Å². The minimum absolute atomic E-state index is 0.0745. The molecule has 1 rings (SSSR count). The summed E-state index contributed by atoms with van der Waals surface area (Å²) < 4.78 is 30.5. The summed E-state index contributed by atoms with van der Waals surface area (Å²) >= 11 is 11.8. The van der Waals surface area contributed by atoms with Crippen LogP contribution in [0.15, 0.2) is 18.2 Å². The summed E-state index contributed by atoms with van der Waals surface area (Å²) in [5.74, 6) is -1.56. The van der Waals surface area contributed by atoms with Gasteiger partial charge in [-0.1, -0.05) is 42.6 Å². The van der Waals surface area contributed by atoms with Crippen LogP contribution < -0.4 is 10.0 Å². The lowest BCUT2D eigenvalue weighted by atomic mass is 10.3. The van der Waals surface area contributed by atoms with Gasteiger partial charge in [-0.3, -0.25) is 9.59 Å². The van der Waals surface area contributed by atoms with Gasteiger partial charge in [-0.05, 0) is 25.5 Å². The van der Waals surface area contributed by atoms with E-state index < -0.39 is 34.5 Å². The van der Waals surface area contributed by atoms with Crippen LogP contribution in [0.2, 0.25) is 10.0 Å². The lowest BCUT2D eigenvalue weighted by Gasteiger charge is -2.14. The molecule has 0 heterocycles. The number of halogens is 2. The summed E-state index contributed by atoms with van der Waals surface area (Å²) in [4.78, 5) is 23.6. The number of ether oxygens (including phenoxy) is 1. The molecule has 0 unspecified atom stereocenters. The van der Waals surface area contributed by atoms with Gasteiger partial charge in [0, 0.05) is 0 Å². The number of amides is 1. The number of hydrogen-bond donors (Lipinski definition) is 2. The van der Waals surface area contributed by atoms with E-state index in [9.17, 15) is 18.0 Å². The van der Waals surface area contributed by atoms with Gasteiger partial charge >= 0.3 is 5.97 Å². The summed E-state index contributed by atoms with van der Waals surface area (Å²) in [6, 6.07) is 3.61. The minimum atomic E-state index is -3.57. The number of unbranched alkanes of at least 4 members (excludes halogenated alkanes) is 1. The highest BCUT2D eigenvalue weighted by atomic mass is 35.5. The number of hydrogen-bond acceptors (Lipinski definition) is 5. The standard InChI is InChI=1S/C15H20Cl2N2O5S/c1-3-4-8-25(22,23)19-10(2)15(21)24-9-13(20)18-12-7-5-6-11(16)14(12)17/h5-7,10,19H,3-4,8-9H2,1-2H3,(H,18,20)/t10-/m0/s1. The van der Waals surface area contributed by atoms with E-state index in [-0.39, 0.29) is 21.5 Å². The molecular formula is C15H20Cl2N2O5S. The van der Waals surface area contributed by atoms with Gasteiger partial charge < -0.3 is 10.1 Å². The summed E-state index contributed by atoms with van der Waals surface area (Å²) in [7, 11) is -3.57. The van der Waals surface area contributed by atoms with Crippen LogP contribution in [-0.4, -0.2) is 38.7 Å². The molecule has 2 N–H and O–H groups in total. The van der Waals surface area contributed by atoms with Crippen molar-refractivity contribution in [2.45, 2.75) is 32.7 Å². The molecule has 1 amide bonds. The van der Waals surface area contributed by atoms with Gasteiger partial charge in [0.1, 0.15) is 6.04 Å². The molecule has 0 bridgehead atoms. The number of nitrogens with one attached hydrogen (secondary N) is 2. The van der Waals surface area contributed by atoms with Crippen LogP contribution >= 0.6 is 23.2 Å². The van der Waals surface area contributed by atoms with Gasteiger partial charge in [0.15, 0.2) is 6.61 Å². The second kappa shape index (κ2) is 9.96. The third-order valence-electron chi connectivity index (χ3n) is 3.05. The largest absolute Gasteiger partial charge is 0.454 e. The van der Waals surface area contributed by atoms with Gasteiger partial charge in [0.05, 0.1) is 21.5 Å². The number of sulfonamides is 1. The Morgan fingerprint density at radius 2 is 1.96 bits per heavy atom. The van der Waals surface area contributed by atoms with Crippen molar-refractivity contribution in [3.63, 3.8) is 0 Å². The van der Waals surface area contributed by atoms with Crippen LogP contribution in [0, 0.1) is 0 Å². The zero-order valence-corrected chi connectivity index (χ0v) is 16.2. The molecule has 25 heavy (non-hydrogen) atoms. The normalized spacial score (nSPS) is 12.5. The van der Waals surface area contributed by atoms with Gasteiger partial charge in [0.25, 0.3) is 5.91 Å². The maximum Gasteiger partial charge on any atom is 0.324 e. The molecule has 10 heteroatoms. The first-order valence-corrected chi connectivity index (χ1v) is 9.97. The molecule has 0 fully saturated rings. The highest BCUT2D eigenvalue weighted by Gasteiger charge is 2.22. The fourth-order valence-corrected chi connectivity index (χ4v) is 3.53. The molecule has 1 aromatic rings. The lowest BCUT2D eigenvalue weighted by Crippen LogP contribution is -2.41. The Labute approximate surface area is 157 Å². The topological polar surface area (TPSA) is 102 Å². The number of rotatable bonds is 9. The average molecular weight is 411 g/mol. The van der Waals surface area contributed by atoms with Crippen molar-refractivity contribution in [2.75, 3.05) is 17.7 Å². The lowest BCUT2D eigenvalue weighted by molar-refractivity contribution is -0.148. The summed E-state index contributed by atoms with van der Waals surface area (Å²) in [5.41, 5.74) is 0.281. The number of benzene rings is 1. The second-order valence-electron chi connectivity index (χ2n) is 5.27. The van der Waals surface area contributed by atoms with Gasteiger partial charge in [0.2, 0.25) is 10.0 Å².